The van der Waals surface area contributed by atoms with Crippen molar-refractivity contribution < 1.29 is 34.1 Å². The Bertz CT molecular complexity index is 1270. The fourth-order valence-electron chi connectivity index (χ4n) is 6.36. The van der Waals surface area contributed by atoms with Gasteiger partial charge in [0.2, 0.25) is 11.8 Å². The molecule has 0 unspecified atom stereocenters. The van der Waals surface area contributed by atoms with Gasteiger partial charge < -0.3 is 29.9 Å². The van der Waals surface area contributed by atoms with E-state index in [4.69, 9.17) is 9.47 Å². The summed E-state index contributed by atoms with van der Waals surface area (Å²) in [5, 5.41) is 23.9. The fourth-order valence-corrected chi connectivity index (χ4v) is 6.36. The molecule has 40 heavy (non-hydrogen) atoms. The second-order valence-corrected chi connectivity index (χ2v) is 10.7. The Morgan fingerprint density at radius 3 is 2.58 bits per heavy atom. The second kappa shape index (κ2) is 12.2. The number of methoxy groups -OCH3 is 1. The molecule has 0 bridgehead atoms. The lowest BCUT2D eigenvalue weighted by molar-refractivity contribution is -0.140. The van der Waals surface area contributed by atoms with E-state index in [2.05, 4.69) is 5.32 Å². The zero-order valence-electron chi connectivity index (χ0n) is 22.6. The van der Waals surface area contributed by atoms with Gasteiger partial charge in [-0.15, -0.1) is 0 Å². The zero-order chi connectivity index (χ0) is 28.2. The molecule has 0 spiro atoms. The first-order valence-corrected chi connectivity index (χ1v) is 13.9. The van der Waals surface area contributed by atoms with Crippen LogP contribution in [-0.2, 0) is 16.0 Å². The molecule has 0 aromatic heterocycles. The maximum atomic E-state index is 14.0. The van der Waals surface area contributed by atoms with Crippen LogP contribution in [0.15, 0.2) is 54.1 Å². The van der Waals surface area contributed by atoms with E-state index in [9.17, 15) is 24.6 Å². The Kier molecular flexibility index (Phi) is 8.52. The van der Waals surface area contributed by atoms with Crippen LogP contribution in [0.2, 0.25) is 0 Å². The first-order valence-electron chi connectivity index (χ1n) is 13.9. The second-order valence-electron chi connectivity index (χ2n) is 10.7. The van der Waals surface area contributed by atoms with Gasteiger partial charge in [0.25, 0.3) is 0 Å². The van der Waals surface area contributed by atoms with Gasteiger partial charge in [0.15, 0.2) is 11.5 Å². The van der Waals surface area contributed by atoms with Crippen molar-refractivity contribution in [2.24, 2.45) is 0 Å². The molecule has 4 atom stereocenters. The number of benzene rings is 2. The molecule has 3 aliphatic rings. The highest BCUT2D eigenvalue weighted by molar-refractivity contribution is 5.96. The van der Waals surface area contributed by atoms with Gasteiger partial charge in [-0.05, 0) is 36.6 Å². The maximum absolute atomic E-state index is 14.0. The number of amides is 2. The number of aliphatic hydroxyl groups is 2. The molecule has 1 heterocycles. The van der Waals surface area contributed by atoms with Crippen LogP contribution in [0.3, 0.4) is 0 Å². The van der Waals surface area contributed by atoms with Gasteiger partial charge in [0.1, 0.15) is 18.5 Å². The SMILES string of the molecule is COc1cc(C=O)cc2c1O[C@@H]1[C@@H](O)[C@H](N(C(=O)Cc3ccccc3)C3CCCCC3)C=C(C(=O)NCCO)[C@H]21. The number of ether oxygens (including phenoxy) is 2. The van der Waals surface area contributed by atoms with Crippen molar-refractivity contribution in [3.63, 3.8) is 0 Å². The molecule has 2 aliphatic carbocycles. The third kappa shape index (κ3) is 5.36. The summed E-state index contributed by atoms with van der Waals surface area (Å²) in [5.41, 5.74) is 2.12. The predicted octanol–water partition coefficient (Wildman–Crippen LogP) is 2.53. The fraction of sp³-hybridized carbons (Fsp3) is 0.452. The minimum Gasteiger partial charge on any atom is -0.493 e. The topological polar surface area (TPSA) is 125 Å². The number of carbonyl (C=O) groups is 3. The molecule has 0 saturated heterocycles. The normalized spacial score (nSPS) is 23.7. The van der Waals surface area contributed by atoms with Crippen LogP contribution in [0, 0.1) is 0 Å². The maximum Gasteiger partial charge on any atom is 0.247 e. The third-order valence-electron chi connectivity index (χ3n) is 8.19. The molecule has 2 amide bonds. The average molecular weight is 549 g/mol. The van der Waals surface area contributed by atoms with E-state index < -0.39 is 30.1 Å². The van der Waals surface area contributed by atoms with Crippen molar-refractivity contribution in [3.05, 3.63) is 70.8 Å². The predicted molar refractivity (Wildman–Crippen MR) is 147 cm³/mol. The summed E-state index contributed by atoms with van der Waals surface area (Å²) >= 11 is 0. The lowest BCUT2D eigenvalue weighted by Gasteiger charge is -2.45. The number of nitrogens with one attached hydrogen (secondary N) is 1. The molecule has 1 fully saturated rings. The molecule has 2 aromatic rings. The lowest BCUT2D eigenvalue weighted by Crippen LogP contribution is -2.59. The van der Waals surface area contributed by atoms with E-state index >= 15 is 0 Å². The first kappa shape index (κ1) is 27.9. The average Bonchev–Trinajstić information content (AvgIpc) is 3.37. The Balaban J connectivity index is 1.59. The van der Waals surface area contributed by atoms with E-state index in [1.165, 1.54) is 7.11 Å². The molecule has 1 aliphatic heterocycles. The van der Waals surface area contributed by atoms with Gasteiger partial charge in [0, 0.05) is 29.3 Å². The van der Waals surface area contributed by atoms with E-state index in [1.807, 2.05) is 30.3 Å². The van der Waals surface area contributed by atoms with E-state index in [1.54, 1.807) is 23.1 Å². The van der Waals surface area contributed by atoms with E-state index in [0.717, 1.165) is 37.7 Å². The molecule has 0 radical (unpaired) electrons. The van der Waals surface area contributed by atoms with Gasteiger partial charge in [-0.2, -0.15) is 0 Å². The van der Waals surface area contributed by atoms with Crippen LogP contribution in [-0.4, -0.2) is 77.8 Å². The van der Waals surface area contributed by atoms with E-state index in [0.29, 0.717) is 34.5 Å². The van der Waals surface area contributed by atoms with Gasteiger partial charge in [-0.25, -0.2) is 0 Å². The van der Waals surface area contributed by atoms with Gasteiger partial charge in [-0.3, -0.25) is 14.4 Å². The summed E-state index contributed by atoms with van der Waals surface area (Å²) in [6, 6.07) is 11.8. The standard InChI is InChI=1S/C31H36N2O7/c1-39-25-15-20(18-35)14-22-27-23(31(38)32-12-13-34)17-24(28(37)30(27)40-29(22)25)33(21-10-6-3-7-11-21)26(36)16-19-8-4-2-5-9-19/h2,4-5,8-9,14-15,17-18,21,24,27-28,30,34,37H,3,6-7,10-13,16H2,1H3,(H,32,38)/t24-,27+,28+,30+/m1/s1. The van der Waals surface area contributed by atoms with Crippen LogP contribution in [0.1, 0.15) is 59.5 Å². The zero-order valence-corrected chi connectivity index (χ0v) is 22.6. The van der Waals surface area contributed by atoms with Gasteiger partial charge >= 0.3 is 0 Å². The number of rotatable bonds is 9. The van der Waals surface area contributed by atoms with Gasteiger partial charge in [-0.1, -0.05) is 49.6 Å². The molecule has 212 valence electrons. The highest BCUT2D eigenvalue weighted by Gasteiger charge is 2.52. The van der Waals surface area contributed by atoms with Crippen molar-refractivity contribution in [1.29, 1.82) is 0 Å². The molecule has 5 rings (SSSR count). The van der Waals surface area contributed by atoms with Crippen molar-refractivity contribution in [3.8, 4) is 11.5 Å². The highest BCUT2D eigenvalue weighted by atomic mass is 16.5. The monoisotopic (exact) mass is 548 g/mol. The first-order chi connectivity index (χ1) is 19.5. The minimum absolute atomic E-state index is 0.0471. The highest BCUT2D eigenvalue weighted by Crippen LogP contribution is 2.51. The van der Waals surface area contributed by atoms with Crippen LogP contribution < -0.4 is 14.8 Å². The molecule has 9 heteroatoms. The summed E-state index contributed by atoms with van der Waals surface area (Å²) in [4.78, 5) is 40.9. The van der Waals surface area contributed by atoms with Crippen molar-refractivity contribution in [2.75, 3.05) is 20.3 Å². The van der Waals surface area contributed by atoms with Crippen LogP contribution in [0.4, 0.5) is 0 Å². The molecule has 9 nitrogen and oxygen atoms in total. The minimum atomic E-state index is -1.14. The van der Waals surface area contributed by atoms with Crippen LogP contribution in [0.25, 0.3) is 0 Å². The number of nitrogens with zero attached hydrogens (tertiary/aromatic N) is 1. The Hall–Kier alpha value is -3.69. The Morgan fingerprint density at radius 2 is 1.90 bits per heavy atom. The van der Waals surface area contributed by atoms with Crippen LogP contribution in [0.5, 0.6) is 11.5 Å². The Morgan fingerprint density at radius 1 is 1.15 bits per heavy atom. The summed E-state index contributed by atoms with van der Waals surface area (Å²) in [6.45, 7) is -0.190. The quantitative estimate of drug-likeness (QED) is 0.411. The van der Waals surface area contributed by atoms with Gasteiger partial charge in [0.05, 0.1) is 32.1 Å². The third-order valence-corrected chi connectivity index (χ3v) is 8.19. The lowest BCUT2D eigenvalue weighted by atomic mass is 9.76. The number of hydrogen-bond donors (Lipinski definition) is 3. The Labute approximate surface area is 233 Å². The van der Waals surface area contributed by atoms with Crippen molar-refractivity contribution in [1.82, 2.24) is 10.2 Å². The number of hydrogen-bond acceptors (Lipinski definition) is 7. The van der Waals surface area contributed by atoms with Crippen LogP contribution >= 0.6 is 0 Å². The number of aliphatic hydroxyl groups excluding tert-OH is 2. The smallest absolute Gasteiger partial charge is 0.247 e. The molecule has 3 N–H and O–H groups in total. The molecular formula is C31H36N2O7. The molecule has 2 aromatic carbocycles. The van der Waals surface area contributed by atoms with Crippen molar-refractivity contribution in [2.45, 2.75) is 68.7 Å². The summed E-state index contributed by atoms with van der Waals surface area (Å²) in [6.07, 6.45) is 5.22. The largest absolute Gasteiger partial charge is 0.493 e. The summed E-state index contributed by atoms with van der Waals surface area (Å²) < 4.78 is 11.8. The molecule has 1 saturated carbocycles. The summed E-state index contributed by atoms with van der Waals surface area (Å²) in [7, 11) is 1.46. The van der Waals surface area contributed by atoms with Crippen molar-refractivity contribution >= 4 is 18.1 Å². The number of carbonyl (C=O) groups excluding carboxylic acids is 3. The van der Waals surface area contributed by atoms with E-state index in [-0.39, 0.29) is 31.5 Å². The molecular weight excluding hydrogens is 512 g/mol. The summed E-state index contributed by atoms with van der Waals surface area (Å²) in [5.74, 6) is -0.540. The number of aldehydes is 1. The number of fused-ring (bicyclic) bond motifs is 3.